The number of fused-ring (bicyclic) bond motifs is 1. The van der Waals surface area contributed by atoms with Gasteiger partial charge in [0.25, 0.3) is 0 Å². The fourth-order valence-electron chi connectivity index (χ4n) is 3.52. The zero-order valence-corrected chi connectivity index (χ0v) is 12.3. The van der Waals surface area contributed by atoms with E-state index in [2.05, 4.69) is 61.5 Å². The lowest BCUT2D eigenvalue weighted by molar-refractivity contribution is -0.250. The Morgan fingerprint density at radius 3 is 2.67 bits per heavy atom. The fraction of sp³-hybridized carbons (Fsp3) is 0.368. The summed E-state index contributed by atoms with van der Waals surface area (Å²) in [6, 6.07) is 14.9. The van der Waals surface area contributed by atoms with Crippen LogP contribution in [0.4, 0.5) is 0 Å². The van der Waals surface area contributed by atoms with Crippen molar-refractivity contribution >= 4 is 10.8 Å². The molecule has 1 saturated heterocycles. The summed E-state index contributed by atoms with van der Waals surface area (Å²) in [4.78, 5) is 0. The molecule has 4 rings (SSSR count). The summed E-state index contributed by atoms with van der Waals surface area (Å²) in [5.41, 5.74) is 0.793. The maximum absolute atomic E-state index is 6.44. The second-order valence-electron chi connectivity index (χ2n) is 6.19. The first kappa shape index (κ1) is 13.1. The molecule has 0 amide bonds. The minimum atomic E-state index is -0.510. The van der Waals surface area contributed by atoms with Crippen molar-refractivity contribution in [2.75, 3.05) is 6.61 Å². The molecule has 1 spiro atoms. The molecule has 0 bridgehead atoms. The Bertz CT molecular complexity index is 692. The summed E-state index contributed by atoms with van der Waals surface area (Å²) >= 11 is 0. The molecule has 0 saturated carbocycles. The Hall–Kier alpha value is -1.64. The lowest BCUT2D eigenvalue weighted by Gasteiger charge is -2.36. The third-order valence-electron chi connectivity index (χ3n) is 4.63. The molecular weight excluding hydrogens is 260 g/mol. The van der Waals surface area contributed by atoms with Gasteiger partial charge < -0.3 is 9.47 Å². The van der Waals surface area contributed by atoms with Crippen molar-refractivity contribution in [1.82, 2.24) is 0 Å². The van der Waals surface area contributed by atoms with E-state index in [1.54, 1.807) is 0 Å². The van der Waals surface area contributed by atoms with E-state index in [4.69, 9.17) is 9.47 Å². The molecule has 2 nitrogen and oxygen atoms in total. The normalized spacial score (nSPS) is 32.0. The van der Waals surface area contributed by atoms with Gasteiger partial charge in [0.15, 0.2) is 5.79 Å². The zero-order chi connectivity index (χ0) is 14.3. The van der Waals surface area contributed by atoms with Gasteiger partial charge in [0, 0.05) is 6.42 Å². The number of hydrogen-bond acceptors (Lipinski definition) is 2. The van der Waals surface area contributed by atoms with Crippen LogP contribution in [0.25, 0.3) is 10.8 Å². The highest BCUT2D eigenvalue weighted by Crippen LogP contribution is 2.45. The van der Waals surface area contributed by atoms with Crippen LogP contribution in [0.2, 0.25) is 0 Å². The highest BCUT2D eigenvalue weighted by atomic mass is 16.7. The van der Waals surface area contributed by atoms with E-state index >= 15 is 0 Å². The van der Waals surface area contributed by atoms with Crippen LogP contribution in [0.5, 0.6) is 0 Å². The highest BCUT2D eigenvalue weighted by Gasteiger charge is 2.45. The molecule has 1 fully saturated rings. The molecule has 2 aromatic carbocycles. The third kappa shape index (κ3) is 2.10. The molecule has 0 radical (unpaired) electrons. The van der Waals surface area contributed by atoms with E-state index in [9.17, 15) is 0 Å². The Balaban J connectivity index is 1.77. The Kier molecular flexibility index (Phi) is 2.91. The molecule has 2 aliphatic rings. The second kappa shape index (κ2) is 4.69. The molecule has 2 heterocycles. The molecule has 108 valence electrons. The lowest BCUT2D eigenvalue weighted by Crippen LogP contribution is -2.38. The van der Waals surface area contributed by atoms with E-state index in [1.807, 2.05) is 0 Å². The quantitative estimate of drug-likeness (QED) is 0.714. The summed E-state index contributed by atoms with van der Waals surface area (Å²) in [7, 11) is 0. The summed E-state index contributed by atoms with van der Waals surface area (Å²) in [6.45, 7) is 2.92. The average Bonchev–Trinajstić information content (AvgIpc) is 2.85. The Labute approximate surface area is 125 Å². The smallest absolute Gasteiger partial charge is 0.189 e. The standard InChI is InChI=1S/C19H20O2/c1-18(12-13-19(21-18)11-4-5-14-20-19)17-10-6-8-15-7-2-3-9-16(15)17/h2-3,6-10,12-13H,4-5,11,14H2,1H3. The van der Waals surface area contributed by atoms with Crippen LogP contribution in [0.15, 0.2) is 54.6 Å². The van der Waals surface area contributed by atoms with Crippen molar-refractivity contribution in [2.24, 2.45) is 0 Å². The number of benzene rings is 2. The van der Waals surface area contributed by atoms with Gasteiger partial charge in [-0.15, -0.1) is 0 Å². The van der Waals surface area contributed by atoms with Crippen molar-refractivity contribution in [2.45, 2.75) is 37.6 Å². The van der Waals surface area contributed by atoms with Crippen molar-refractivity contribution in [3.05, 3.63) is 60.2 Å². The van der Waals surface area contributed by atoms with E-state index in [0.29, 0.717) is 0 Å². The van der Waals surface area contributed by atoms with Crippen molar-refractivity contribution in [3.63, 3.8) is 0 Å². The van der Waals surface area contributed by atoms with Gasteiger partial charge in [-0.3, -0.25) is 0 Å². The van der Waals surface area contributed by atoms with Crippen LogP contribution in [-0.4, -0.2) is 12.4 Å². The largest absolute Gasteiger partial charge is 0.346 e. The van der Waals surface area contributed by atoms with Gasteiger partial charge in [-0.25, -0.2) is 0 Å². The second-order valence-corrected chi connectivity index (χ2v) is 6.19. The predicted octanol–water partition coefficient (Wildman–Crippen LogP) is 4.54. The summed E-state index contributed by atoms with van der Waals surface area (Å²) < 4.78 is 12.4. The highest BCUT2D eigenvalue weighted by molar-refractivity contribution is 5.86. The van der Waals surface area contributed by atoms with Gasteiger partial charge in [0.05, 0.1) is 6.61 Å². The molecule has 0 N–H and O–H groups in total. The SMILES string of the molecule is CC1(c2cccc3ccccc23)C=CC2(CCCCO2)O1. The predicted molar refractivity (Wildman–Crippen MR) is 84.1 cm³/mol. The van der Waals surface area contributed by atoms with Crippen LogP contribution < -0.4 is 0 Å². The van der Waals surface area contributed by atoms with Gasteiger partial charge in [-0.1, -0.05) is 42.5 Å². The van der Waals surface area contributed by atoms with Gasteiger partial charge in [-0.2, -0.15) is 0 Å². The van der Waals surface area contributed by atoms with Crippen LogP contribution in [0.3, 0.4) is 0 Å². The molecule has 2 atom stereocenters. The molecule has 0 aromatic heterocycles. The molecule has 21 heavy (non-hydrogen) atoms. The molecule has 2 aliphatic heterocycles. The summed E-state index contributed by atoms with van der Waals surface area (Å²) in [5, 5.41) is 2.50. The van der Waals surface area contributed by atoms with Gasteiger partial charge in [-0.05, 0) is 48.3 Å². The van der Waals surface area contributed by atoms with Crippen molar-refractivity contribution in [1.29, 1.82) is 0 Å². The first-order valence-electron chi connectivity index (χ1n) is 7.74. The molecule has 0 aliphatic carbocycles. The molecule has 2 heteroatoms. The third-order valence-corrected chi connectivity index (χ3v) is 4.63. The first-order chi connectivity index (χ1) is 10.2. The van der Waals surface area contributed by atoms with Crippen LogP contribution >= 0.6 is 0 Å². The van der Waals surface area contributed by atoms with Crippen LogP contribution in [0, 0.1) is 0 Å². The van der Waals surface area contributed by atoms with Crippen LogP contribution in [0.1, 0.15) is 31.7 Å². The van der Waals surface area contributed by atoms with Gasteiger partial charge in [0.1, 0.15) is 5.60 Å². The maximum atomic E-state index is 6.44. The minimum Gasteiger partial charge on any atom is -0.346 e. The monoisotopic (exact) mass is 280 g/mol. The van der Waals surface area contributed by atoms with Crippen LogP contribution in [-0.2, 0) is 15.1 Å². The van der Waals surface area contributed by atoms with E-state index in [-0.39, 0.29) is 0 Å². The van der Waals surface area contributed by atoms with E-state index in [0.717, 1.165) is 25.9 Å². The molecular formula is C19H20O2. The summed E-state index contributed by atoms with van der Waals surface area (Å²) in [6.07, 6.45) is 7.53. The van der Waals surface area contributed by atoms with E-state index < -0.39 is 11.4 Å². The number of hydrogen-bond donors (Lipinski definition) is 0. The zero-order valence-electron chi connectivity index (χ0n) is 12.3. The number of ether oxygens (including phenoxy) is 2. The molecule has 2 aromatic rings. The lowest BCUT2D eigenvalue weighted by atomic mass is 9.91. The topological polar surface area (TPSA) is 18.5 Å². The minimum absolute atomic E-state index is 0.418. The summed E-state index contributed by atoms with van der Waals surface area (Å²) in [5.74, 6) is -0.510. The Morgan fingerprint density at radius 1 is 0.952 bits per heavy atom. The fourth-order valence-corrected chi connectivity index (χ4v) is 3.52. The molecule has 2 unspecified atom stereocenters. The average molecular weight is 280 g/mol. The van der Waals surface area contributed by atoms with Gasteiger partial charge in [0.2, 0.25) is 0 Å². The van der Waals surface area contributed by atoms with Gasteiger partial charge >= 0.3 is 0 Å². The van der Waals surface area contributed by atoms with Crippen molar-refractivity contribution in [3.8, 4) is 0 Å². The number of rotatable bonds is 1. The van der Waals surface area contributed by atoms with E-state index in [1.165, 1.54) is 16.3 Å². The maximum Gasteiger partial charge on any atom is 0.189 e. The Morgan fingerprint density at radius 2 is 1.81 bits per heavy atom. The van der Waals surface area contributed by atoms with Crippen molar-refractivity contribution < 1.29 is 9.47 Å². The first-order valence-corrected chi connectivity index (χ1v) is 7.74.